The van der Waals surface area contributed by atoms with E-state index in [1.165, 1.54) is 4.90 Å². The van der Waals surface area contributed by atoms with Gasteiger partial charge in [-0.2, -0.15) is 0 Å². The Balaban J connectivity index is 1.93. The summed E-state index contributed by atoms with van der Waals surface area (Å²) in [6.07, 6.45) is 0. The standard InChI is InChI=1S/C10H14ClN5O2S/c1-14(2)10(18)16-5-3-15(4-6-16)8(17)7-12-13-9(11)19-7/h3-6H2,1-2H3. The third-order valence-electron chi connectivity index (χ3n) is 2.80. The fourth-order valence-electron chi connectivity index (χ4n) is 1.81. The van der Waals surface area contributed by atoms with E-state index >= 15 is 0 Å². The van der Waals surface area contributed by atoms with Gasteiger partial charge in [0.25, 0.3) is 5.91 Å². The van der Waals surface area contributed by atoms with E-state index in [0.29, 0.717) is 26.2 Å². The first kappa shape index (κ1) is 14.0. The molecule has 1 fully saturated rings. The zero-order valence-electron chi connectivity index (χ0n) is 10.7. The van der Waals surface area contributed by atoms with Crippen LogP contribution in [0.25, 0.3) is 0 Å². The molecule has 2 rings (SSSR count). The molecule has 0 atom stereocenters. The van der Waals surface area contributed by atoms with Crippen molar-refractivity contribution in [2.75, 3.05) is 40.3 Å². The highest BCUT2D eigenvalue weighted by Crippen LogP contribution is 2.17. The Morgan fingerprint density at radius 3 is 2.21 bits per heavy atom. The third-order valence-corrected chi connectivity index (χ3v) is 3.81. The summed E-state index contributed by atoms with van der Waals surface area (Å²) in [4.78, 5) is 28.8. The molecule has 0 unspecified atom stereocenters. The summed E-state index contributed by atoms with van der Waals surface area (Å²) in [7, 11) is 3.42. The van der Waals surface area contributed by atoms with Gasteiger partial charge in [-0.25, -0.2) is 4.79 Å². The molecule has 2 heterocycles. The van der Waals surface area contributed by atoms with Crippen LogP contribution in [0.1, 0.15) is 9.80 Å². The first-order valence-corrected chi connectivity index (χ1v) is 6.93. The maximum Gasteiger partial charge on any atom is 0.319 e. The average molecular weight is 304 g/mol. The minimum atomic E-state index is -0.179. The molecule has 0 aromatic carbocycles. The number of urea groups is 1. The van der Waals surface area contributed by atoms with Crippen molar-refractivity contribution in [3.63, 3.8) is 0 Å². The monoisotopic (exact) mass is 303 g/mol. The molecule has 1 aliphatic heterocycles. The first-order valence-electron chi connectivity index (χ1n) is 5.73. The Bertz CT molecular complexity index is 484. The summed E-state index contributed by atoms with van der Waals surface area (Å²) in [5, 5.41) is 7.63. The second-order valence-electron chi connectivity index (χ2n) is 4.32. The minimum Gasteiger partial charge on any atom is -0.333 e. The van der Waals surface area contributed by atoms with Crippen LogP contribution < -0.4 is 0 Å². The average Bonchev–Trinajstić information content (AvgIpc) is 2.84. The lowest BCUT2D eigenvalue weighted by Gasteiger charge is -2.35. The highest BCUT2D eigenvalue weighted by atomic mass is 35.5. The van der Waals surface area contributed by atoms with Gasteiger partial charge in [0.1, 0.15) is 0 Å². The number of rotatable bonds is 1. The van der Waals surface area contributed by atoms with Crippen molar-refractivity contribution in [1.82, 2.24) is 24.9 Å². The lowest BCUT2D eigenvalue weighted by molar-refractivity contribution is 0.0649. The number of halogens is 1. The van der Waals surface area contributed by atoms with Crippen molar-refractivity contribution >= 4 is 34.9 Å². The molecule has 0 spiro atoms. The van der Waals surface area contributed by atoms with Gasteiger partial charge in [-0.1, -0.05) is 11.3 Å². The zero-order chi connectivity index (χ0) is 14.0. The lowest BCUT2D eigenvalue weighted by Crippen LogP contribution is -2.52. The van der Waals surface area contributed by atoms with Gasteiger partial charge >= 0.3 is 6.03 Å². The van der Waals surface area contributed by atoms with Crippen LogP contribution in [0.3, 0.4) is 0 Å². The van der Waals surface area contributed by atoms with Crippen LogP contribution in [-0.4, -0.2) is 77.1 Å². The van der Waals surface area contributed by atoms with Crippen LogP contribution in [-0.2, 0) is 0 Å². The van der Waals surface area contributed by atoms with Crippen LogP contribution in [0.2, 0.25) is 4.47 Å². The molecule has 7 nitrogen and oxygen atoms in total. The van der Waals surface area contributed by atoms with Gasteiger partial charge in [0.05, 0.1) is 0 Å². The van der Waals surface area contributed by atoms with E-state index in [1.807, 2.05) is 0 Å². The molecule has 104 valence electrons. The van der Waals surface area contributed by atoms with Gasteiger partial charge in [0.2, 0.25) is 9.47 Å². The Hall–Kier alpha value is -1.41. The molecule has 0 N–H and O–H groups in total. The molecule has 1 saturated heterocycles. The highest BCUT2D eigenvalue weighted by molar-refractivity contribution is 7.17. The molecule has 9 heteroatoms. The van der Waals surface area contributed by atoms with E-state index in [-0.39, 0.29) is 21.4 Å². The van der Waals surface area contributed by atoms with E-state index in [0.717, 1.165) is 11.3 Å². The van der Waals surface area contributed by atoms with Crippen molar-refractivity contribution in [3.8, 4) is 0 Å². The minimum absolute atomic E-state index is 0.0361. The van der Waals surface area contributed by atoms with Crippen molar-refractivity contribution < 1.29 is 9.59 Å². The second-order valence-corrected chi connectivity index (χ2v) is 5.88. The smallest absolute Gasteiger partial charge is 0.319 e. The van der Waals surface area contributed by atoms with Crippen LogP contribution in [0.15, 0.2) is 0 Å². The molecular weight excluding hydrogens is 290 g/mol. The molecule has 0 radical (unpaired) electrons. The van der Waals surface area contributed by atoms with Crippen molar-refractivity contribution in [1.29, 1.82) is 0 Å². The SMILES string of the molecule is CN(C)C(=O)N1CCN(C(=O)c2nnc(Cl)s2)CC1. The Morgan fingerprint density at radius 2 is 1.74 bits per heavy atom. The maximum absolute atomic E-state index is 12.1. The molecule has 0 bridgehead atoms. The molecule has 1 aliphatic rings. The van der Waals surface area contributed by atoms with Gasteiger partial charge in [-0.15, -0.1) is 10.2 Å². The van der Waals surface area contributed by atoms with E-state index in [9.17, 15) is 9.59 Å². The summed E-state index contributed by atoms with van der Waals surface area (Å²) in [5.74, 6) is -0.179. The summed E-state index contributed by atoms with van der Waals surface area (Å²) in [6, 6.07) is -0.0361. The highest BCUT2D eigenvalue weighted by Gasteiger charge is 2.27. The number of amides is 3. The first-order chi connectivity index (χ1) is 8.99. The number of hydrogen-bond acceptors (Lipinski definition) is 5. The fraction of sp³-hybridized carbons (Fsp3) is 0.600. The molecule has 0 saturated carbocycles. The van der Waals surface area contributed by atoms with E-state index in [2.05, 4.69) is 10.2 Å². The Kier molecular flexibility index (Phi) is 4.20. The summed E-state index contributed by atoms with van der Waals surface area (Å²) in [6.45, 7) is 2.04. The number of hydrogen-bond donors (Lipinski definition) is 0. The van der Waals surface area contributed by atoms with Crippen molar-refractivity contribution in [2.45, 2.75) is 0 Å². The van der Waals surface area contributed by atoms with E-state index in [4.69, 9.17) is 11.6 Å². The summed E-state index contributed by atoms with van der Waals surface area (Å²) >= 11 is 6.72. The maximum atomic E-state index is 12.1. The Labute approximate surface area is 119 Å². The van der Waals surface area contributed by atoms with Gasteiger partial charge in [0.15, 0.2) is 0 Å². The van der Waals surface area contributed by atoms with Crippen LogP contribution >= 0.6 is 22.9 Å². The normalized spacial score (nSPS) is 15.5. The third kappa shape index (κ3) is 3.13. The molecule has 3 amide bonds. The summed E-state index contributed by atoms with van der Waals surface area (Å²) in [5.41, 5.74) is 0. The van der Waals surface area contributed by atoms with Crippen molar-refractivity contribution in [3.05, 3.63) is 9.47 Å². The molecule has 1 aromatic rings. The largest absolute Gasteiger partial charge is 0.333 e. The van der Waals surface area contributed by atoms with E-state index in [1.54, 1.807) is 23.9 Å². The molecule has 0 aliphatic carbocycles. The number of carbonyl (C=O) groups is 2. The molecule has 1 aromatic heterocycles. The quantitative estimate of drug-likeness (QED) is 0.763. The summed E-state index contributed by atoms with van der Waals surface area (Å²) < 4.78 is 0.254. The number of aromatic nitrogens is 2. The molecular formula is C10H14ClN5O2S. The fourth-order valence-corrected chi connectivity index (χ4v) is 2.61. The van der Waals surface area contributed by atoms with Gasteiger partial charge in [0, 0.05) is 40.3 Å². The van der Waals surface area contributed by atoms with Crippen LogP contribution in [0.5, 0.6) is 0 Å². The topological polar surface area (TPSA) is 69.6 Å². The van der Waals surface area contributed by atoms with Crippen LogP contribution in [0, 0.1) is 0 Å². The zero-order valence-corrected chi connectivity index (χ0v) is 12.2. The number of piperazine rings is 1. The van der Waals surface area contributed by atoms with Gasteiger partial charge in [-0.05, 0) is 11.6 Å². The second kappa shape index (κ2) is 5.70. The number of carbonyl (C=O) groups excluding carboxylic acids is 2. The molecule has 19 heavy (non-hydrogen) atoms. The predicted molar refractivity (Wildman–Crippen MR) is 71.5 cm³/mol. The van der Waals surface area contributed by atoms with Gasteiger partial charge in [-0.3, -0.25) is 4.79 Å². The van der Waals surface area contributed by atoms with E-state index < -0.39 is 0 Å². The van der Waals surface area contributed by atoms with Crippen LogP contribution in [0.4, 0.5) is 4.79 Å². The number of nitrogens with zero attached hydrogens (tertiary/aromatic N) is 5. The predicted octanol–water partition coefficient (Wildman–Crippen LogP) is 0.631. The lowest BCUT2D eigenvalue weighted by atomic mass is 10.3. The van der Waals surface area contributed by atoms with Gasteiger partial charge < -0.3 is 14.7 Å². The van der Waals surface area contributed by atoms with Crippen molar-refractivity contribution in [2.24, 2.45) is 0 Å². The Morgan fingerprint density at radius 1 is 1.16 bits per heavy atom.